The van der Waals surface area contributed by atoms with Gasteiger partial charge in [-0.05, 0) is 36.5 Å². The Labute approximate surface area is 125 Å². The Morgan fingerprint density at radius 3 is 2.48 bits per heavy atom. The number of rotatable bonds is 4. The number of amides is 1. The summed E-state index contributed by atoms with van der Waals surface area (Å²) in [5, 5.41) is 6.42. The minimum atomic E-state index is -0.106. The molecule has 0 spiro atoms. The molecule has 1 amide bonds. The summed E-state index contributed by atoms with van der Waals surface area (Å²) in [6.07, 6.45) is 5.49. The smallest absolute Gasteiger partial charge is 0.243 e. The molecule has 1 aromatic rings. The molecule has 1 saturated carbocycles. The third-order valence-electron chi connectivity index (χ3n) is 4.63. The number of nitrogens with two attached hydrogens (primary N) is 1. The van der Waals surface area contributed by atoms with Crippen molar-refractivity contribution in [2.45, 2.75) is 44.2 Å². The van der Waals surface area contributed by atoms with Gasteiger partial charge in [0.25, 0.3) is 0 Å². The van der Waals surface area contributed by atoms with Crippen molar-refractivity contribution in [1.82, 2.24) is 10.6 Å². The average molecular weight is 285 g/mol. The predicted octanol–water partition coefficient (Wildman–Crippen LogP) is 1.97. The molecule has 4 N–H and O–H groups in total. The molecule has 0 bridgehead atoms. The maximum absolute atomic E-state index is 12.2. The maximum Gasteiger partial charge on any atom is 0.243 e. The van der Waals surface area contributed by atoms with E-state index in [1.807, 2.05) is 24.3 Å². The fourth-order valence-corrected chi connectivity index (χ4v) is 3.04. The number of anilines is 1. The Bertz CT molecular complexity index is 533. The summed E-state index contributed by atoms with van der Waals surface area (Å²) >= 11 is 0. The first kappa shape index (κ1) is 14.0. The van der Waals surface area contributed by atoms with Crippen LogP contribution in [0.15, 0.2) is 36.5 Å². The van der Waals surface area contributed by atoms with Gasteiger partial charge in [-0.2, -0.15) is 0 Å². The SMILES string of the molecule is C=C1N[C@@H](CC2CCC2)C(=O)N[C@H]1Cc1ccc(N)cc1. The van der Waals surface area contributed by atoms with Crippen molar-refractivity contribution in [2.24, 2.45) is 5.92 Å². The molecule has 21 heavy (non-hydrogen) atoms. The van der Waals surface area contributed by atoms with E-state index in [9.17, 15) is 4.79 Å². The molecule has 0 radical (unpaired) electrons. The second kappa shape index (κ2) is 5.80. The Morgan fingerprint density at radius 2 is 1.86 bits per heavy atom. The molecule has 0 unspecified atom stereocenters. The van der Waals surface area contributed by atoms with E-state index in [4.69, 9.17) is 5.73 Å². The van der Waals surface area contributed by atoms with Crippen LogP contribution in [0.1, 0.15) is 31.2 Å². The Balaban J connectivity index is 1.59. The molecule has 1 aromatic carbocycles. The van der Waals surface area contributed by atoms with E-state index in [2.05, 4.69) is 17.2 Å². The molecule has 1 heterocycles. The first-order valence-electron chi connectivity index (χ1n) is 7.72. The number of hydrogen-bond donors (Lipinski definition) is 3. The van der Waals surface area contributed by atoms with Gasteiger partial charge in [-0.15, -0.1) is 0 Å². The van der Waals surface area contributed by atoms with Gasteiger partial charge in [0.05, 0.1) is 6.04 Å². The van der Waals surface area contributed by atoms with Crippen LogP contribution in [0, 0.1) is 5.92 Å². The molecule has 2 fully saturated rings. The standard InChI is InChI=1S/C17H23N3O/c1-11-15(9-13-5-7-14(18)8-6-13)20-17(21)16(19-11)10-12-3-2-4-12/h5-8,12,15-16,19H,1-4,9-10,18H2,(H,20,21)/t15-,16-/m0/s1. The van der Waals surface area contributed by atoms with Gasteiger partial charge in [-0.3, -0.25) is 4.79 Å². The van der Waals surface area contributed by atoms with Crippen LogP contribution in [0.2, 0.25) is 0 Å². The minimum Gasteiger partial charge on any atom is -0.399 e. The van der Waals surface area contributed by atoms with Crippen LogP contribution < -0.4 is 16.4 Å². The van der Waals surface area contributed by atoms with Crippen LogP contribution >= 0.6 is 0 Å². The highest BCUT2D eigenvalue weighted by Crippen LogP contribution is 2.31. The zero-order chi connectivity index (χ0) is 14.8. The molecular weight excluding hydrogens is 262 g/mol. The third-order valence-corrected chi connectivity index (χ3v) is 4.63. The van der Waals surface area contributed by atoms with Gasteiger partial charge < -0.3 is 16.4 Å². The number of carbonyl (C=O) groups excluding carboxylic acids is 1. The van der Waals surface area contributed by atoms with Gasteiger partial charge in [-0.25, -0.2) is 0 Å². The van der Waals surface area contributed by atoms with Gasteiger partial charge >= 0.3 is 0 Å². The first-order valence-corrected chi connectivity index (χ1v) is 7.72. The van der Waals surface area contributed by atoms with E-state index in [0.29, 0.717) is 5.92 Å². The highest BCUT2D eigenvalue weighted by Gasteiger charge is 2.33. The summed E-state index contributed by atoms with van der Waals surface area (Å²) in [6, 6.07) is 7.61. The number of piperazine rings is 1. The quantitative estimate of drug-likeness (QED) is 0.741. The fourth-order valence-electron chi connectivity index (χ4n) is 3.04. The Morgan fingerprint density at radius 1 is 1.14 bits per heavy atom. The van der Waals surface area contributed by atoms with Gasteiger partial charge in [0.1, 0.15) is 6.04 Å². The van der Waals surface area contributed by atoms with Crippen LogP contribution in [0.25, 0.3) is 0 Å². The molecule has 2 aliphatic rings. The van der Waals surface area contributed by atoms with Gasteiger partial charge in [0.2, 0.25) is 5.91 Å². The number of carbonyl (C=O) groups is 1. The molecule has 2 atom stereocenters. The van der Waals surface area contributed by atoms with Crippen molar-refractivity contribution in [1.29, 1.82) is 0 Å². The van der Waals surface area contributed by atoms with E-state index in [-0.39, 0.29) is 18.0 Å². The first-order chi connectivity index (χ1) is 10.1. The predicted molar refractivity (Wildman–Crippen MR) is 84.5 cm³/mol. The minimum absolute atomic E-state index is 0.0428. The fraction of sp³-hybridized carbons (Fsp3) is 0.471. The van der Waals surface area contributed by atoms with E-state index >= 15 is 0 Å². The zero-order valence-corrected chi connectivity index (χ0v) is 12.3. The lowest BCUT2D eigenvalue weighted by molar-refractivity contribution is -0.125. The highest BCUT2D eigenvalue weighted by atomic mass is 16.2. The summed E-state index contributed by atoms with van der Waals surface area (Å²) in [5.74, 6) is 0.810. The number of nitrogen functional groups attached to an aromatic ring is 1. The van der Waals surface area contributed by atoms with Crippen molar-refractivity contribution < 1.29 is 4.79 Å². The largest absolute Gasteiger partial charge is 0.399 e. The number of benzene rings is 1. The Hall–Kier alpha value is -1.97. The van der Waals surface area contributed by atoms with Crippen molar-refractivity contribution >= 4 is 11.6 Å². The van der Waals surface area contributed by atoms with Gasteiger partial charge in [0, 0.05) is 11.4 Å². The summed E-state index contributed by atoms with van der Waals surface area (Å²) in [6.45, 7) is 4.09. The second-order valence-electron chi connectivity index (χ2n) is 6.26. The summed E-state index contributed by atoms with van der Waals surface area (Å²) in [4.78, 5) is 12.2. The lowest BCUT2D eigenvalue weighted by atomic mass is 9.80. The third kappa shape index (κ3) is 3.20. The molecule has 4 nitrogen and oxygen atoms in total. The Kier molecular flexibility index (Phi) is 3.86. The molecule has 3 rings (SSSR count). The van der Waals surface area contributed by atoms with Crippen molar-refractivity contribution in [3.05, 3.63) is 42.1 Å². The van der Waals surface area contributed by atoms with Crippen LogP contribution in [0.3, 0.4) is 0 Å². The van der Waals surface area contributed by atoms with E-state index in [0.717, 1.165) is 29.8 Å². The number of nitrogens with one attached hydrogen (secondary N) is 2. The molecule has 0 aromatic heterocycles. The maximum atomic E-state index is 12.2. The van der Waals surface area contributed by atoms with E-state index < -0.39 is 0 Å². The average Bonchev–Trinajstić information content (AvgIpc) is 2.41. The number of hydrogen-bond acceptors (Lipinski definition) is 3. The normalized spacial score (nSPS) is 25.9. The van der Waals surface area contributed by atoms with Gasteiger partial charge in [-0.1, -0.05) is 38.0 Å². The highest BCUT2D eigenvalue weighted by molar-refractivity contribution is 5.84. The monoisotopic (exact) mass is 285 g/mol. The van der Waals surface area contributed by atoms with Crippen LogP contribution in [0.5, 0.6) is 0 Å². The molecule has 1 aliphatic heterocycles. The molecule has 1 aliphatic carbocycles. The van der Waals surface area contributed by atoms with Crippen molar-refractivity contribution in [2.75, 3.05) is 5.73 Å². The van der Waals surface area contributed by atoms with Gasteiger partial charge in [0.15, 0.2) is 0 Å². The lowest BCUT2D eigenvalue weighted by Gasteiger charge is -2.36. The topological polar surface area (TPSA) is 67.2 Å². The van der Waals surface area contributed by atoms with E-state index in [1.54, 1.807) is 0 Å². The van der Waals surface area contributed by atoms with Crippen LogP contribution in [0.4, 0.5) is 5.69 Å². The molecule has 112 valence electrons. The van der Waals surface area contributed by atoms with Crippen LogP contribution in [-0.4, -0.2) is 18.0 Å². The van der Waals surface area contributed by atoms with Crippen molar-refractivity contribution in [3.63, 3.8) is 0 Å². The van der Waals surface area contributed by atoms with Crippen molar-refractivity contribution in [3.8, 4) is 0 Å². The van der Waals surface area contributed by atoms with E-state index in [1.165, 1.54) is 19.3 Å². The molecule has 4 heteroatoms. The molecular formula is C17H23N3O. The summed E-state index contributed by atoms with van der Waals surface area (Å²) in [7, 11) is 0. The second-order valence-corrected chi connectivity index (χ2v) is 6.26. The molecule has 1 saturated heterocycles. The zero-order valence-electron chi connectivity index (χ0n) is 12.3. The summed E-state index contributed by atoms with van der Waals surface area (Å²) < 4.78 is 0. The van der Waals surface area contributed by atoms with Crippen LogP contribution in [-0.2, 0) is 11.2 Å². The lowest BCUT2D eigenvalue weighted by Crippen LogP contribution is -2.57. The summed E-state index contributed by atoms with van der Waals surface area (Å²) in [5.41, 5.74) is 8.51.